The molecule has 0 radical (unpaired) electrons. The molecule has 1 saturated heterocycles. The third kappa shape index (κ3) is 4.83. The fourth-order valence-electron chi connectivity index (χ4n) is 3.22. The first-order chi connectivity index (χ1) is 14.4. The van der Waals surface area contributed by atoms with E-state index in [1.165, 1.54) is 19.1 Å². The average Bonchev–Trinajstić information content (AvgIpc) is 2.75. The largest absolute Gasteiger partial charge is 0.493 e. The topological polar surface area (TPSA) is 97.0 Å². The van der Waals surface area contributed by atoms with Gasteiger partial charge in [-0.25, -0.2) is 0 Å². The van der Waals surface area contributed by atoms with Gasteiger partial charge in [0, 0.05) is 29.4 Å². The highest BCUT2D eigenvalue weighted by Gasteiger charge is 2.35. The molecule has 0 spiro atoms. The molecule has 30 heavy (non-hydrogen) atoms. The minimum atomic E-state index is -0.924. The first kappa shape index (κ1) is 21.4. The van der Waals surface area contributed by atoms with Crippen LogP contribution < -0.4 is 20.1 Å². The van der Waals surface area contributed by atoms with Crippen LogP contribution in [0.2, 0.25) is 5.02 Å². The predicted molar refractivity (Wildman–Crippen MR) is 112 cm³/mol. The van der Waals surface area contributed by atoms with Crippen LogP contribution in [0.15, 0.2) is 42.5 Å². The molecular weight excluding hydrogens is 410 g/mol. The molecule has 1 atom stereocenters. The number of nitrogens with zero attached hydrogens (tertiary/aromatic N) is 1. The molecule has 1 aliphatic rings. The number of carbonyl (C=O) groups is 3. The number of benzene rings is 2. The summed E-state index contributed by atoms with van der Waals surface area (Å²) in [5.41, 5.74) is 0.892. The van der Waals surface area contributed by atoms with Crippen molar-refractivity contribution in [2.24, 2.45) is 0 Å². The minimum absolute atomic E-state index is 0.173. The zero-order chi connectivity index (χ0) is 21.7. The van der Waals surface area contributed by atoms with Crippen LogP contribution in [-0.4, -0.2) is 56.0 Å². The molecule has 1 heterocycles. The van der Waals surface area contributed by atoms with Crippen molar-refractivity contribution in [2.75, 3.05) is 32.6 Å². The summed E-state index contributed by atoms with van der Waals surface area (Å²) in [5.74, 6) is -0.230. The van der Waals surface area contributed by atoms with Crippen molar-refractivity contribution in [1.29, 1.82) is 0 Å². The number of piperazine rings is 1. The van der Waals surface area contributed by atoms with E-state index in [0.29, 0.717) is 34.3 Å². The Bertz CT molecular complexity index is 948. The average molecular weight is 432 g/mol. The Morgan fingerprint density at radius 2 is 1.83 bits per heavy atom. The summed E-state index contributed by atoms with van der Waals surface area (Å²) in [6.45, 7) is 0.602. The fourth-order valence-corrected chi connectivity index (χ4v) is 3.34. The normalized spacial score (nSPS) is 15.9. The Morgan fingerprint density at radius 3 is 2.50 bits per heavy atom. The second-order valence-electron chi connectivity index (χ2n) is 6.63. The third-order valence-corrected chi connectivity index (χ3v) is 4.98. The van der Waals surface area contributed by atoms with Crippen LogP contribution in [0.1, 0.15) is 16.8 Å². The smallest absolute Gasteiger partial charge is 0.254 e. The lowest BCUT2D eigenvalue weighted by atomic mass is 10.1. The number of nitrogens with one attached hydrogen (secondary N) is 2. The van der Waals surface area contributed by atoms with E-state index < -0.39 is 6.04 Å². The summed E-state index contributed by atoms with van der Waals surface area (Å²) < 4.78 is 10.4. The van der Waals surface area contributed by atoms with E-state index in [2.05, 4.69) is 10.6 Å². The standard InChI is InChI=1S/C21H22ClN3O5/c1-29-17-8-3-13(11-18(17)30-2)21(28)25-10-9-23-20(27)16(25)12-19(26)24-15-6-4-14(22)5-7-15/h3-8,11,16H,9-10,12H2,1-2H3,(H,23,27)(H,24,26)/t16-/m0/s1. The molecule has 158 valence electrons. The van der Waals surface area contributed by atoms with Gasteiger partial charge in [0.15, 0.2) is 11.5 Å². The molecule has 3 rings (SSSR count). The number of halogens is 1. The zero-order valence-corrected chi connectivity index (χ0v) is 17.4. The van der Waals surface area contributed by atoms with Crippen molar-refractivity contribution in [1.82, 2.24) is 10.2 Å². The zero-order valence-electron chi connectivity index (χ0n) is 16.6. The summed E-state index contributed by atoms with van der Waals surface area (Å²) >= 11 is 5.85. The first-order valence-electron chi connectivity index (χ1n) is 9.29. The SMILES string of the molecule is COc1ccc(C(=O)N2CCNC(=O)[C@@H]2CC(=O)Nc2ccc(Cl)cc2)cc1OC. The van der Waals surface area contributed by atoms with Gasteiger partial charge in [-0.1, -0.05) is 11.6 Å². The van der Waals surface area contributed by atoms with Gasteiger partial charge in [0.05, 0.1) is 20.6 Å². The quantitative estimate of drug-likeness (QED) is 0.731. The van der Waals surface area contributed by atoms with Crippen molar-refractivity contribution < 1.29 is 23.9 Å². The molecule has 0 bridgehead atoms. The van der Waals surface area contributed by atoms with Crippen molar-refractivity contribution >= 4 is 35.0 Å². The van der Waals surface area contributed by atoms with E-state index >= 15 is 0 Å². The molecule has 1 aliphatic heterocycles. The van der Waals surface area contributed by atoms with Crippen LogP contribution in [0.5, 0.6) is 11.5 Å². The van der Waals surface area contributed by atoms with Crippen LogP contribution in [-0.2, 0) is 9.59 Å². The predicted octanol–water partition coefficient (Wildman–Crippen LogP) is 2.33. The molecule has 2 aromatic rings. The number of amides is 3. The van der Waals surface area contributed by atoms with Gasteiger partial charge in [-0.15, -0.1) is 0 Å². The van der Waals surface area contributed by atoms with Gasteiger partial charge >= 0.3 is 0 Å². The summed E-state index contributed by atoms with van der Waals surface area (Å²) in [6.07, 6.45) is -0.173. The molecular formula is C21H22ClN3O5. The van der Waals surface area contributed by atoms with Gasteiger partial charge in [-0.05, 0) is 42.5 Å². The maximum absolute atomic E-state index is 13.1. The molecule has 8 nitrogen and oxygen atoms in total. The monoisotopic (exact) mass is 431 g/mol. The van der Waals surface area contributed by atoms with E-state index in [4.69, 9.17) is 21.1 Å². The number of ether oxygens (including phenoxy) is 2. The molecule has 2 N–H and O–H groups in total. The molecule has 3 amide bonds. The van der Waals surface area contributed by atoms with Crippen molar-refractivity contribution in [3.63, 3.8) is 0 Å². The minimum Gasteiger partial charge on any atom is -0.493 e. The highest BCUT2D eigenvalue weighted by Crippen LogP contribution is 2.28. The van der Waals surface area contributed by atoms with E-state index in [-0.39, 0.29) is 30.7 Å². The van der Waals surface area contributed by atoms with E-state index in [1.54, 1.807) is 42.5 Å². The summed E-state index contributed by atoms with van der Waals surface area (Å²) in [5, 5.41) is 5.98. The summed E-state index contributed by atoms with van der Waals surface area (Å²) in [4.78, 5) is 39.5. The van der Waals surface area contributed by atoms with E-state index in [0.717, 1.165) is 0 Å². The van der Waals surface area contributed by atoms with Gasteiger partial charge in [0.1, 0.15) is 6.04 Å². The maximum Gasteiger partial charge on any atom is 0.254 e. The highest BCUT2D eigenvalue weighted by molar-refractivity contribution is 6.30. The Morgan fingerprint density at radius 1 is 1.13 bits per heavy atom. The molecule has 0 aliphatic carbocycles. The van der Waals surface area contributed by atoms with Crippen LogP contribution in [0, 0.1) is 0 Å². The number of carbonyl (C=O) groups excluding carboxylic acids is 3. The number of hydrogen-bond acceptors (Lipinski definition) is 5. The number of hydrogen-bond donors (Lipinski definition) is 2. The second kappa shape index (κ2) is 9.49. The Hall–Kier alpha value is -3.26. The first-order valence-corrected chi connectivity index (χ1v) is 9.67. The third-order valence-electron chi connectivity index (χ3n) is 4.73. The number of methoxy groups -OCH3 is 2. The Labute approximate surface area is 179 Å². The molecule has 1 fully saturated rings. The van der Waals surface area contributed by atoms with Gasteiger partial charge in [-0.2, -0.15) is 0 Å². The van der Waals surface area contributed by atoms with Gasteiger partial charge < -0.3 is 25.0 Å². The van der Waals surface area contributed by atoms with Crippen molar-refractivity contribution in [3.05, 3.63) is 53.1 Å². The Kier molecular flexibility index (Phi) is 6.79. The lowest BCUT2D eigenvalue weighted by molar-refractivity contribution is -0.131. The highest BCUT2D eigenvalue weighted by atomic mass is 35.5. The van der Waals surface area contributed by atoms with Crippen molar-refractivity contribution in [2.45, 2.75) is 12.5 Å². The van der Waals surface area contributed by atoms with E-state index in [9.17, 15) is 14.4 Å². The molecule has 0 unspecified atom stereocenters. The molecule has 9 heteroatoms. The van der Waals surface area contributed by atoms with Gasteiger partial charge in [-0.3, -0.25) is 14.4 Å². The van der Waals surface area contributed by atoms with Crippen LogP contribution >= 0.6 is 11.6 Å². The fraction of sp³-hybridized carbons (Fsp3) is 0.286. The molecule has 2 aromatic carbocycles. The summed E-state index contributed by atoms with van der Waals surface area (Å²) in [6, 6.07) is 10.5. The van der Waals surface area contributed by atoms with E-state index in [1.807, 2.05) is 0 Å². The maximum atomic E-state index is 13.1. The molecule has 0 aromatic heterocycles. The summed E-state index contributed by atoms with van der Waals surface area (Å²) in [7, 11) is 2.98. The van der Waals surface area contributed by atoms with Crippen LogP contribution in [0.3, 0.4) is 0 Å². The second-order valence-corrected chi connectivity index (χ2v) is 7.07. The number of anilines is 1. The van der Waals surface area contributed by atoms with Crippen LogP contribution in [0.25, 0.3) is 0 Å². The Balaban J connectivity index is 1.77. The van der Waals surface area contributed by atoms with Crippen molar-refractivity contribution in [3.8, 4) is 11.5 Å². The number of rotatable bonds is 6. The van der Waals surface area contributed by atoms with Crippen LogP contribution in [0.4, 0.5) is 5.69 Å². The molecule has 0 saturated carbocycles. The lowest BCUT2D eigenvalue weighted by Crippen LogP contribution is -2.58. The lowest BCUT2D eigenvalue weighted by Gasteiger charge is -2.34. The van der Waals surface area contributed by atoms with Gasteiger partial charge in [0.25, 0.3) is 5.91 Å². The van der Waals surface area contributed by atoms with Gasteiger partial charge in [0.2, 0.25) is 11.8 Å².